The van der Waals surface area contributed by atoms with E-state index in [0.29, 0.717) is 6.42 Å². The molecular formula is C11H14O4. The molecule has 0 saturated heterocycles. The van der Waals surface area contributed by atoms with Crippen LogP contribution in [0.3, 0.4) is 0 Å². The van der Waals surface area contributed by atoms with Gasteiger partial charge < -0.3 is 14.3 Å². The normalized spacial score (nSPS) is 9.73. The fourth-order valence-electron chi connectivity index (χ4n) is 1.14. The molecule has 2 aromatic rings. The van der Waals surface area contributed by atoms with Gasteiger partial charge in [0.25, 0.3) is 0 Å². The van der Waals surface area contributed by atoms with Crippen LogP contribution in [0.1, 0.15) is 19.8 Å². The zero-order valence-corrected chi connectivity index (χ0v) is 8.82. The average Bonchev–Trinajstić information content (AvgIpc) is 2.79. The molecule has 0 radical (unpaired) electrons. The molecular weight excluding hydrogens is 196 g/mol. The predicted octanol–water partition coefficient (Wildman–Crippen LogP) is 2.75. The quantitative estimate of drug-likeness (QED) is 0.846. The van der Waals surface area contributed by atoms with Gasteiger partial charge in [0.15, 0.2) is 11.3 Å². The molecule has 0 spiro atoms. The first-order valence-corrected chi connectivity index (χ1v) is 4.75. The minimum atomic E-state index is -0.711. The van der Waals surface area contributed by atoms with Crippen LogP contribution in [-0.4, -0.2) is 18.2 Å². The van der Waals surface area contributed by atoms with E-state index in [1.807, 2.05) is 25.1 Å². The van der Waals surface area contributed by atoms with E-state index in [-0.39, 0.29) is 0 Å². The third kappa shape index (κ3) is 3.16. The van der Waals surface area contributed by atoms with Crippen molar-refractivity contribution in [3.63, 3.8) is 0 Å². The number of hydrogen-bond acceptors (Lipinski definition) is 3. The summed E-state index contributed by atoms with van der Waals surface area (Å²) < 4.78 is 10.2. The number of methoxy groups -OCH3 is 1. The lowest BCUT2D eigenvalue weighted by Crippen LogP contribution is -1.90. The van der Waals surface area contributed by atoms with Crippen LogP contribution in [-0.2, 0) is 4.79 Å². The number of hydrogen-bond donors (Lipinski definition) is 1. The van der Waals surface area contributed by atoms with E-state index in [1.54, 1.807) is 7.11 Å². The third-order valence-corrected chi connectivity index (χ3v) is 1.83. The molecule has 0 amide bonds. The number of benzene rings is 1. The van der Waals surface area contributed by atoms with E-state index < -0.39 is 5.97 Å². The monoisotopic (exact) mass is 210 g/mol. The molecule has 82 valence electrons. The van der Waals surface area contributed by atoms with Gasteiger partial charge in [0.1, 0.15) is 5.58 Å². The lowest BCUT2D eigenvalue weighted by atomic mass is 10.3. The van der Waals surface area contributed by atoms with Crippen molar-refractivity contribution in [3.05, 3.63) is 18.2 Å². The van der Waals surface area contributed by atoms with Gasteiger partial charge in [-0.15, -0.1) is 0 Å². The summed E-state index contributed by atoms with van der Waals surface area (Å²) in [6.45, 7) is 1.84. The van der Waals surface area contributed by atoms with Crippen LogP contribution >= 0.6 is 0 Å². The number of aliphatic carboxylic acids is 1. The van der Waals surface area contributed by atoms with Crippen LogP contribution in [0.5, 0.6) is 5.75 Å². The van der Waals surface area contributed by atoms with E-state index >= 15 is 0 Å². The van der Waals surface area contributed by atoms with Gasteiger partial charge in [-0.1, -0.05) is 6.92 Å². The van der Waals surface area contributed by atoms with Crippen molar-refractivity contribution in [2.45, 2.75) is 19.8 Å². The summed E-state index contributed by atoms with van der Waals surface area (Å²) in [6, 6.07) is 5.68. The Hall–Kier alpha value is -1.71. The number of furan rings is 2. The highest BCUT2D eigenvalue weighted by molar-refractivity contribution is 5.69. The average molecular weight is 210 g/mol. The maximum Gasteiger partial charge on any atom is 0.303 e. The van der Waals surface area contributed by atoms with Crippen molar-refractivity contribution < 1.29 is 19.1 Å². The summed E-state index contributed by atoms with van der Waals surface area (Å²) in [6.07, 6.45) is 1.02. The number of rotatable bonds is 3. The number of carboxylic acids is 1. The second kappa shape index (κ2) is 5.24. The topological polar surface area (TPSA) is 59.7 Å². The van der Waals surface area contributed by atoms with E-state index in [9.17, 15) is 4.79 Å². The highest BCUT2D eigenvalue weighted by atomic mass is 16.5. The predicted molar refractivity (Wildman–Crippen MR) is 56.5 cm³/mol. The van der Waals surface area contributed by atoms with Crippen molar-refractivity contribution in [2.24, 2.45) is 0 Å². The highest BCUT2D eigenvalue weighted by Gasteiger charge is 2.04. The Morgan fingerprint density at radius 2 is 2.27 bits per heavy atom. The van der Waals surface area contributed by atoms with Crippen molar-refractivity contribution in [2.75, 3.05) is 7.11 Å². The Morgan fingerprint density at radius 1 is 1.53 bits per heavy atom. The van der Waals surface area contributed by atoms with Crippen molar-refractivity contribution in [1.82, 2.24) is 0 Å². The molecule has 15 heavy (non-hydrogen) atoms. The largest absolute Gasteiger partial charge is 0.493 e. The van der Waals surface area contributed by atoms with Crippen molar-refractivity contribution in [1.29, 1.82) is 0 Å². The highest BCUT2D eigenvalue weighted by Crippen LogP contribution is 2.27. The van der Waals surface area contributed by atoms with E-state index in [4.69, 9.17) is 14.3 Å². The lowest BCUT2D eigenvalue weighted by Gasteiger charge is -1.90. The van der Waals surface area contributed by atoms with Gasteiger partial charge in [0.2, 0.25) is 0 Å². The van der Waals surface area contributed by atoms with Gasteiger partial charge in [-0.2, -0.15) is 0 Å². The molecule has 2 bridgehead atoms. The molecule has 2 rings (SSSR count). The molecule has 0 aliphatic rings. The number of carboxylic acid groups (broad SMARTS) is 1. The minimum Gasteiger partial charge on any atom is -0.493 e. The van der Waals surface area contributed by atoms with E-state index in [1.165, 1.54) is 0 Å². The summed E-state index contributed by atoms with van der Waals surface area (Å²) in [5.41, 5.74) is 1.70. The van der Waals surface area contributed by atoms with E-state index in [0.717, 1.165) is 23.3 Å². The Kier molecular flexibility index (Phi) is 3.97. The molecule has 0 saturated carbocycles. The second-order valence-electron chi connectivity index (χ2n) is 3.06. The molecule has 0 fully saturated rings. The van der Waals surface area contributed by atoms with Gasteiger partial charge in [-0.25, -0.2) is 0 Å². The van der Waals surface area contributed by atoms with Crippen LogP contribution in [0.15, 0.2) is 22.6 Å². The van der Waals surface area contributed by atoms with Gasteiger partial charge in [-0.3, -0.25) is 4.79 Å². The first-order valence-electron chi connectivity index (χ1n) is 4.75. The van der Waals surface area contributed by atoms with Gasteiger partial charge in [0.05, 0.1) is 7.11 Å². The maximum atomic E-state index is 9.60. The van der Waals surface area contributed by atoms with Gasteiger partial charge in [-0.05, 0) is 18.6 Å². The molecule has 4 nitrogen and oxygen atoms in total. The van der Waals surface area contributed by atoms with Crippen LogP contribution in [0, 0.1) is 0 Å². The first-order chi connectivity index (χ1) is 7.17. The van der Waals surface area contributed by atoms with Crippen molar-refractivity contribution >= 4 is 17.1 Å². The standard InChI is InChI=1S/C7H6O2.C4H8O2/c1-8-7-4-5-2-3-6(7)9-5;1-2-3-4(5)6/h2-4H,1H3;2-3H2,1H3,(H,5,6). The molecule has 0 atom stereocenters. The SMILES string of the molecule is CCCC(=O)O.COc1cc2ccc1o2. The summed E-state index contributed by atoms with van der Waals surface area (Å²) in [5.74, 6) is 0.116. The van der Waals surface area contributed by atoms with Crippen LogP contribution in [0.2, 0.25) is 0 Å². The molecule has 2 aromatic heterocycles. The molecule has 0 unspecified atom stereocenters. The summed E-state index contributed by atoms with van der Waals surface area (Å²) in [5, 5.41) is 7.91. The minimum absolute atomic E-state index is 0.292. The molecule has 2 heterocycles. The Bertz CT molecular complexity index is 404. The third-order valence-electron chi connectivity index (χ3n) is 1.83. The number of carbonyl (C=O) groups is 1. The van der Waals surface area contributed by atoms with Crippen LogP contribution < -0.4 is 4.74 Å². The molecule has 4 heteroatoms. The Morgan fingerprint density at radius 3 is 2.47 bits per heavy atom. The maximum absolute atomic E-state index is 9.60. The van der Waals surface area contributed by atoms with Crippen LogP contribution in [0.25, 0.3) is 11.2 Å². The molecule has 0 aliphatic carbocycles. The molecule has 0 aromatic carbocycles. The zero-order chi connectivity index (χ0) is 11.3. The fraction of sp³-hybridized carbons (Fsp3) is 0.364. The first kappa shape index (κ1) is 11.4. The molecule has 0 aliphatic heterocycles. The van der Waals surface area contributed by atoms with Gasteiger partial charge >= 0.3 is 5.97 Å². The second-order valence-corrected chi connectivity index (χ2v) is 3.06. The van der Waals surface area contributed by atoms with Crippen molar-refractivity contribution in [3.8, 4) is 5.75 Å². The smallest absolute Gasteiger partial charge is 0.303 e. The fourth-order valence-corrected chi connectivity index (χ4v) is 1.14. The zero-order valence-electron chi connectivity index (χ0n) is 8.82. The Balaban J connectivity index is 0.000000167. The number of ether oxygens (including phenoxy) is 1. The summed E-state index contributed by atoms with van der Waals surface area (Å²) >= 11 is 0. The lowest BCUT2D eigenvalue weighted by molar-refractivity contribution is -0.137. The summed E-state index contributed by atoms with van der Waals surface area (Å²) in [7, 11) is 1.64. The Labute approximate surface area is 87.8 Å². The number of fused-ring (bicyclic) bond motifs is 2. The molecule has 1 N–H and O–H groups in total. The van der Waals surface area contributed by atoms with E-state index in [2.05, 4.69) is 0 Å². The summed E-state index contributed by atoms with van der Waals surface area (Å²) in [4.78, 5) is 9.60. The van der Waals surface area contributed by atoms with Gasteiger partial charge in [0, 0.05) is 12.5 Å². The van der Waals surface area contributed by atoms with Crippen LogP contribution in [0.4, 0.5) is 0 Å².